The van der Waals surface area contributed by atoms with Gasteiger partial charge < -0.3 is 9.84 Å². The molecule has 0 atom stereocenters. The molecule has 1 N–H and O–H groups in total. The van der Waals surface area contributed by atoms with Gasteiger partial charge in [-0.3, -0.25) is 4.79 Å². The van der Waals surface area contributed by atoms with Gasteiger partial charge in [0.05, 0.1) is 6.61 Å². The topological polar surface area (TPSA) is 46.5 Å². The molecule has 0 aliphatic carbocycles. The molecule has 0 aromatic carbocycles. The van der Waals surface area contributed by atoms with E-state index in [4.69, 9.17) is 9.84 Å². The maximum atomic E-state index is 11.9. The maximum absolute atomic E-state index is 11.9. The molecule has 242 valence electrons. The zero-order valence-electron chi connectivity index (χ0n) is 27.7. The highest BCUT2D eigenvalue weighted by Crippen LogP contribution is 2.13. The van der Waals surface area contributed by atoms with E-state index in [0.717, 1.165) is 25.7 Å². The van der Waals surface area contributed by atoms with Gasteiger partial charge in [-0.2, -0.15) is 0 Å². The van der Waals surface area contributed by atoms with Crippen LogP contribution in [0.3, 0.4) is 0 Å². The summed E-state index contributed by atoms with van der Waals surface area (Å²) in [5.41, 5.74) is 0. The zero-order chi connectivity index (χ0) is 29.7. The molecule has 0 unspecified atom stereocenters. The summed E-state index contributed by atoms with van der Waals surface area (Å²) in [4.78, 5) is 11.9. The van der Waals surface area contributed by atoms with Crippen molar-refractivity contribution >= 4 is 5.97 Å². The second-order valence-electron chi connectivity index (χ2n) is 12.3. The van der Waals surface area contributed by atoms with E-state index >= 15 is 0 Å². The van der Waals surface area contributed by atoms with Crippen molar-refractivity contribution in [2.45, 2.75) is 200 Å². The molecule has 0 rings (SSSR count). The van der Waals surface area contributed by atoms with Gasteiger partial charge in [0, 0.05) is 13.0 Å². The van der Waals surface area contributed by atoms with Gasteiger partial charge in [0.2, 0.25) is 0 Å². The van der Waals surface area contributed by atoms with Crippen LogP contribution in [0, 0.1) is 0 Å². The number of aliphatic hydroxyl groups is 1. The van der Waals surface area contributed by atoms with Crippen LogP contribution in [-0.2, 0) is 9.53 Å². The van der Waals surface area contributed by atoms with Crippen molar-refractivity contribution in [3.63, 3.8) is 0 Å². The number of esters is 1. The van der Waals surface area contributed by atoms with Gasteiger partial charge in [-0.05, 0) is 70.6 Å². The van der Waals surface area contributed by atoms with Crippen molar-refractivity contribution in [1.29, 1.82) is 0 Å². The average molecular weight is 577 g/mol. The van der Waals surface area contributed by atoms with Gasteiger partial charge in [-0.25, -0.2) is 0 Å². The van der Waals surface area contributed by atoms with Crippen molar-refractivity contribution in [2.24, 2.45) is 0 Å². The Kier molecular flexibility index (Phi) is 36.0. The van der Waals surface area contributed by atoms with Crippen LogP contribution in [0.2, 0.25) is 0 Å². The summed E-state index contributed by atoms with van der Waals surface area (Å²) in [5.74, 6) is 0.00186. The third kappa shape index (κ3) is 36.9. The number of rotatable bonds is 34. The first-order valence-electron chi connectivity index (χ1n) is 18.4. The minimum atomic E-state index is 0.00186. The number of ether oxygens (including phenoxy) is 1. The minimum absolute atomic E-state index is 0.00186. The summed E-state index contributed by atoms with van der Waals surface area (Å²) in [5, 5.41) is 8.78. The standard InChI is InChI=1S/C38H72O3/c1-2-3-4-5-6-7-8-9-14-17-20-23-26-29-32-35-38(40)41-37-34-31-28-25-22-19-16-13-11-10-12-15-18-21-24-27-30-33-36-39/h9,13-14,16,39H,2-8,10-12,15,17-37H2,1H3. The number of aliphatic hydroxyl groups excluding tert-OH is 1. The normalized spacial score (nSPS) is 11.8. The Labute approximate surface area is 257 Å². The smallest absolute Gasteiger partial charge is 0.305 e. The first kappa shape index (κ1) is 39.9. The van der Waals surface area contributed by atoms with Gasteiger partial charge in [-0.1, -0.05) is 147 Å². The molecule has 0 aliphatic heterocycles. The molecule has 0 saturated carbocycles. The SMILES string of the molecule is CCCCCCCCC=CCCCCCCCC(=O)OCCCCCCCC=CCCCCCCCCCCCO. The van der Waals surface area contributed by atoms with Crippen LogP contribution < -0.4 is 0 Å². The number of hydrogen-bond donors (Lipinski definition) is 1. The van der Waals surface area contributed by atoms with Gasteiger partial charge >= 0.3 is 5.97 Å². The zero-order valence-corrected chi connectivity index (χ0v) is 27.7. The van der Waals surface area contributed by atoms with Crippen LogP contribution in [0.25, 0.3) is 0 Å². The van der Waals surface area contributed by atoms with Crippen molar-refractivity contribution < 1.29 is 14.6 Å². The fourth-order valence-electron chi connectivity index (χ4n) is 5.34. The maximum Gasteiger partial charge on any atom is 0.305 e. The van der Waals surface area contributed by atoms with Crippen LogP contribution in [-0.4, -0.2) is 24.3 Å². The number of carbonyl (C=O) groups is 1. The second-order valence-corrected chi connectivity index (χ2v) is 12.3. The molecule has 0 fully saturated rings. The van der Waals surface area contributed by atoms with E-state index in [9.17, 15) is 4.79 Å². The van der Waals surface area contributed by atoms with Crippen molar-refractivity contribution in [2.75, 3.05) is 13.2 Å². The Bertz CT molecular complexity index is 554. The van der Waals surface area contributed by atoms with E-state index in [1.54, 1.807) is 0 Å². The average Bonchev–Trinajstić information content (AvgIpc) is 2.98. The fourth-order valence-corrected chi connectivity index (χ4v) is 5.34. The van der Waals surface area contributed by atoms with E-state index in [1.807, 2.05) is 0 Å². The number of unbranched alkanes of at least 4 members (excludes halogenated alkanes) is 25. The Morgan fingerprint density at radius 1 is 0.463 bits per heavy atom. The van der Waals surface area contributed by atoms with E-state index in [0.29, 0.717) is 19.6 Å². The Morgan fingerprint density at radius 2 is 0.805 bits per heavy atom. The van der Waals surface area contributed by atoms with Crippen molar-refractivity contribution in [1.82, 2.24) is 0 Å². The lowest BCUT2D eigenvalue weighted by Gasteiger charge is -2.05. The van der Waals surface area contributed by atoms with Crippen LogP contribution >= 0.6 is 0 Å². The molecule has 0 aromatic heterocycles. The van der Waals surface area contributed by atoms with Crippen molar-refractivity contribution in [3.8, 4) is 0 Å². The lowest BCUT2D eigenvalue weighted by Crippen LogP contribution is -2.05. The van der Waals surface area contributed by atoms with Gasteiger partial charge in [0.25, 0.3) is 0 Å². The largest absolute Gasteiger partial charge is 0.466 e. The molecule has 0 aromatic rings. The fraction of sp³-hybridized carbons (Fsp3) is 0.868. The summed E-state index contributed by atoms with van der Waals surface area (Å²) in [7, 11) is 0. The summed E-state index contributed by atoms with van der Waals surface area (Å²) in [6.07, 6.45) is 46.8. The quantitative estimate of drug-likeness (QED) is 0.0471. The molecule has 0 heterocycles. The van der Waals surface area contributed by atoms with Crippen molar-refractivity contribution in [3.05, 3.63) is 24.3 Å². The third-order valence-electron chi connectivity index (χ3n) is 8.12. The Hall–Kier alpha value is -1.09. The van der Waals surface area contributed by atoms with E-state index < -0.39 is 0 Å². The summed E-state index contributed by atoms with van der Waals surface area (Å²) in [6.45, 7) is 3.23. The first-order chi connectivity index (χ1) is 20.3. The summed E-state index contributed by atoms with van der Waals surface area (Å²) >= 11 is 0. The van der Waals surface area contributed by atoms with E-state index in [1.165, 1.54) is 161 Å². The highest BCUT2D eigenvalue weighted by molar-refractivity contribution is 5.69. The molecule has 0 bridgehead atoms. The van der Waals surface area contributed by atoms with E-state index in [2.05, 4.69) is 31.2 Å². The monoisotopic (exact) mass is 577 g/mol. The predicted octanol–water partition coefficient (Wildman–Crippen LogP) is 12.4. The molecule has 41 heavy (non-hydrogen) atoms. The van der Waals surface area contributed by atoms with E-state index in [-0.39, 0.29) is 5.97 Å². The first-order valence-corrected chi connectivity index (χ1v) is 18.4. The Balaban J connectivity index is 3.23. The lowest BCUT2D eigenvalue weighted by molar-refractivity contribution is -0.143. The van der Waals surface area contributed by atoms with Gasteiger partial charge in [0.15, 0.2) is 0 Å². The molecule has 0 radical (unpaired) electrons. The van der Waals surface area contributed by atoms with Gasteiger partial charge in [-0.15, -0.1) is 0 Å². The molecule has 0 spiro atoms. The predicted molar refractivity (Wildman–Crippen MR) is 181 cm³/mol. The summed E-state index contributed by atoms with van der Waals surface area (Å²) < 4.78 is 5.43. The van der Waals surface area contributed by atoms with Gasteiger partial charge in [0.1, 0.15) is 0 Å². The number of hydrogen-bond acceptors (Lipinski definition) is 3. The molecule has 0 saturated heterocycles. The number of carbonyl (C=O) groups excluding carboxylic acids is 1. The van der Waals surface area contributed by atoms with Crippen LogP contribution in [0.15, 0.2) is 24.3 Å². The minimum Gasteiger partial charge on any atom is -0.466 e. The Morgan fingerprint density at radius 3 is 1.22 bits per heavy atom. The molecule has 0 amide bonds. The van der Waals surface area contributed by atoms with Crippen LogP contribution in [0.1, 0.15) is 200 Å². The molecule has 0 aliphatic rings. The molecule has 3 heteroatoms. The molecular formula is C38H72O3. The second kappa shape index (κ2) is 36.9. The molecular weight excluding hydrogens is 504 g/mol. The van der Waals surface area contributed by atoms with Crippen LogP contribution in [0.4, 0.5) is 0 Å². The third-order valence-corrected chi connectivity index (χ3v) is 8.12. The van der Waals surface area contributed by atoms with Crippen LogP contribution in [0.5, 0.6) is 0 Å². The summed E-state index contributed by atoms with van der Waals surface area (Å²) in [6, 6.07) is 0. The highest BCUT2D eigenvalue weighted by atomic mass is 16.5. The number of allylic oxidation sites excluding steroid dienone is 4. The lowest BCUT2D eigenvalue weighted by atomic mass is 10.1. The highest BCUT2D eigenvalue weighted by Gasteiger charge is 2.02. The molecule has 3 nitrogen and oxygen atoms in total.